The molecule has 1 aliphatic carbocycles. The zero-order valence-electron chi connectivity index (χ0n) is 14.5. The molecular formula is C20H30F2N2+2. The van der Waals surface area contributed by atoms with Gasteiger partial charge in [0, 0.05) is 24.3 Å². The van der Waals surface area contributed by atoms with E-state index >= 15 is 0 Å². The second kappa shape index (κ2) is 7.09. The van der Waals surface area contributed by atoms with Crippen molar-refractivity contribution in [2.45, 2.75) is 63.6 Å². The Bertz CT molecular complexity index is 571. The smallest absolute Gasteiger partial charge is 0.159 e. The highest BCUT2D eigenvalue weighted by Gasteiger charge is 2.49. The molecule has 2 N–H and O–H groups in total. The van der Waals surface area contributed by atoms with Gasteiger partial charge < -0.3 is 9.80 Å². The first kappa shape index (κ1) is 16.5. The van der Waals surface area contributed by atoms with Crippen LogP contribution in [0, 0.1) is 17.6 Å². The summed E-state index contributed by atoms with van der Waals surface area (Å²) in [6.45, 7) is 4.60. The fourth-order valence-corrected chi connectivity index (χ4v) is 5.73. The third-order valence-corrected chi connectivity index (χ3v) is 6.78. The van der Waals surface area contributed by atoms with Crippen molar-refractivity contribution < 1.29 is 18.6 Å². The quantitative estimate of drug-likeness (QED) is 0.825. The molecule has 3 aliphatic rings. The highest BCUT2D eigenvalue weighted by Crippen LogP contribution is 2.28. The lowest BCUT2D eigenvalue weighted by molar-refractivity contribution is -1.05. The number of quaternary nitrogens is 2. The van der Waals surface area contributed by atoms with E-state index in [0.29, 0.717) is 6.04 Å². The Morgan fingerprint density at radius 3 is 2.50 bits per heavy atom. The molecule has 0 radical (unpaired) electrons. The van der Waals surface area contributed by atoms with Crippen LogP contribution < -0.4 is 9.80 Å². The summed E-state index contributed by atoms with van der Waals surface area (Å²) in [5.74, 6) is -0.605. The van der Waals surface area contributed by atoms with E-state index in [4.69, 9.17) is 0 Å². The van der Waals surface area contributed by atoms with Crippen molar-refractivity contribution in [2.24, 2.45) is 5.92 Å². The minimum absolute atomic E-state index is 0.703. The van der Waals surface area contributed by atoms with Crippen LogP contribution in [0.1, 0.15) is 50.5 Å². The van der Waals surface area contributed by atoms with Crippen LogP contribution in [0.3, 0.4) is 0 Å². The predicted octanol–water partition coefficient (Wildman–Crippen LogP) is 1.36. The molecule has 2 nitrogen and oxygen atoms in total. The Kier molecular flexibility index (Phi) is 4.86. The summed E-state index contributed by atoms with van der Waals surface area (Å²) in [6, 6.07) is 5.98. The van der Waals surface area contributed by atoms with Crippen LogP contribution >= 0.6 is 0 Å². The summed E-state index contributed by atoms with van der Waals surface area (Å²) < 4.78 is 26.8. The fourth-order valence-electron chi connectivity index (χ4n) is 5.73. The molecule has 4 rings (SSSR count). The molecule has 2 unspecified atom stereocenters. The Balaban J connectivity index is 1.55. The third kappa shape index (κ3) is 3.23. The number of piperazine rings is 1. The molecule has 0 bridgehead atoms. The standard InChI is InChI=1S/C20H28F2N2/c21-17-9-8-15(13-18(17)22)14-24-12-11-23-10-4-7-19(23)20(24)16-5-2-1-3-6-16/h8-9,13,16,19-20H,1-7,10-12,14H2/p+2/t19-,20+/m1/s1. The largest absolute Gasteiger partial charge is 0.323 e. The zero-order chi connectivity index (χ0) is 16.5. The average molecular weight is 336 g/mol. The van der Waals surface area contributed by atoms with Gasteiger partial charge in [-0.15, -0.1) is 0 Å². The average Bonchev–Trinajstić information content (AvgIpc) is 3.07. The molecule has 3 fully saturated rings. The molecule has 1 aromatic carbocycles. The Morgan fingerprint density at radius 2 is 1.71 bits per heavy atom. The molecule has 4 atom stereocenters. The number of hydrogen-bond donors (Lipinski definition) is 2. The number of hydrogen-bond acceptors (Lipinski definition) is 0. The van der Waals surface area contributed by atoms with Gasteiger partial charge in [-0.2, -0.15) is 0 Å². The Hall–Kier alpha value is -1.00. The topological polar surface area (TPSA) is 8.88 Å². The maximum absolute atomic E-state index is 13.6. The van der Waals surface area contributed by atoms with E-state index in [9.17, 15) is 8.78 Å². The lowest BCUT2D eigenvalue weighted by Crippen LogP contribution is -3.32. The van der Waals surface area contributed by atoms with E-state index in [1.54, 1.807) is 11.0 Å². The van der Waals surface area contributed by atoms with Gasteiger partial charge in [0.2, 0.25) is 0 Å². The molecule has 1 saturated carbocycles. The van der Waals surface area contributed by atoms with E-state index in [1.165, 1.54) is 76.7 Å². The van der Waals surface area contributed by atoms with Gasteiger partial charge in [-0.1, -0.05) is 25.3 Å². The molecule has 0 amide bonds. The van der Waals surface area contributed by atoms with Gasteiger partial charge in [-0.3, -0.25) is 0 Å². The van der Waals surface area contributed by atoms with Gasteiger partial charge >= 0.3 is 0 Å². The summed E-state index contributed by atoms with van der Waals surface area (Å²) in [7, 11) is 0. The predicted molar refractivity (Wildman–Crippen MR) is 90.0 cm³/mol. The van der Waals surface area contributed by atoms with Crippen molar-refractivity contribution in [3.05, 3.63) is 35.4 Å². The lowest BCUT2D eigenvalue weighted by Gasteiger charge is -2.44. The van der Waals surface area contributed by atoms with E-state index < -0.39 is 11.6 Å². The Morgan fingerprint density at radius 1 is 0.875 bits per heavy atom. The van der Waals surface area contributed by atoms with Crippen LogP contribution in [0.2, 0.25) is 0 Å². The SMILES string of the molecule is Fc1ccc(C[NH+]2CC[NH+]3CCC[C@@H]3[C@@H]2C2CCCCC2)cc1F. The molecule has 1 aromatic rings. The van der Waals surface area contributed by atoms with Crippen molar-refractivity contribution >= 4 is 0 Å². The van der Waals surface area contributed by atoms with Gasteiger partial charge in [-0.25, -0.2) is 8.78 Å². The lowest BCUT2D eigenvalue weighted by atomic mass is 9.78. The summed E-state index contributed by atoms with van der Waals surface area (Å²) in [5, 5.41) is 0. The van der Waals surface area contributed by atoms with E-state index in [0.717, 1.165) is 24.1 Å². The molecule has 2 aliphatic heterocycles. The minimum atomic E-state index is -0.734. The van der Waals surface area contributed by atoms with Gasteiger partial charge in [0.25, 0.3) is 0 Å². The second-order valence-corrected chi connectivity index (χ2v) is 8.16. The van der Waals surface area contributed by atoms with E-state index in [1.807, 2.05) is 4.90 Å². The maximum atomic E-state index is 13.6. The van der Waals surface area contributed by atoms with Gasteiger partial charge in [-0.05, 0) is 25.0 Å². The van der Waals surface area contributed by atoms with Crippen LogP contribution in [0.25, 0.3) is 0 Å². The van der Waals surface area contributed by atoms with Crippen LogP contribution in [-0.4, -0.2) is 31.7 Å². The van der Waals surface area contributed by atoms with Crippen LogP contribution in [0.5, 0.6) is 0 Å². The first-order valence-corrected chi connectivity index (χ1v) is 9.85. The highest BCUT2D eigenvalue weighted by atomic mass is 19.2. The zero-order valence-corrected chi connectivity index (χ0v) is 14.5. The van der Waals surface area contributed by atoms with Crippen LogP contribution in [0.15, 0.2) is 18.2 Å². The molecule has 2 saturated heterocycles. The number of rotatable bonds is 3. The number of fused-ring (bicyclic) bond motifs is 1. The van der Waals surface area contributed by atoms with E-state index in [2.05, 4.69) is 0 Å². The number of halogens is 2. The summed E-state index contributed by atoms with van der Waals surface area (Å²) in [6.07, 6.45) is 9.61. The molecular weight excluding hydrogens is 306 g/mol. The maximum Gasteiger partial charge on any atom is 0.159 e. The third-order valence-electron chi connectivity index (χ3n) is 6.78. The first-order valence-electron chi connectivity index (χ1n) is 9.85. The van der Waals surface area contributed by atoms with Gasteiger partial charge in [0.1, 0.15) is 31.7 Å². The Labute approximate surface area is 143 Å². The molecule has 0 spiro atoms. The monoisotopic (exact) mass is 336 g/mol. The minimum Gasteiger partial charge on any atom is -0.323 e. The molecule has 0 aromatic heterocycles. The van der Waals surface area contributed by atoms with Crippen molar-refractivity contribution in [2.75, 3.05) is 19.6 Å². The first-order chi connectivity index (χ1) is 11.7. The normalized spacial score (nSPS) is 34.2. The number of benzene rings is 1. The van der Waals surface area contributed by atoms with Crippen molar-refractivity contribution in [1.29, 1.82) is 0 Å². The van der Waals surface area contributed by atoms with Crippen LogP contribution in [-0.2, 0) is 6.54 Å². The fraction of sp³-hybridized carbons (Fsp3) is 0.700. The van der Waals surface area contributed by atoms with Crippen molar-refractivity contribution in [3.8, 4) is 0 Å². The van der Waals surface area contributed by atoms with Crippen molar-refractivity contribution in [1.82, 2.24) is 0 Å². The summed E-state index contributed by atoms with van der Waals surface area (Å²) >= 11 is 0. The van der Waals surface area contributed by atoms with Crippen LogP contribution in [0.4, 0.5) is 8.78 Å². The second-order valence-electron chi connectivity index (χ2n) is 8.16. The highest BCUT2D eigenvalue weighted by molar-refractivity contribution is 5.16. The molecule has 132 valence electrons. The van der Waals surface area contributed by atoms with Gasteiger partial charge in [0.05, 0.1) is 6.54 Å². The summed E-state index contributed by atoms with van der Waals surface area (Å²) in [5.41, 5.74) is 0.950. The van der Waals surface area contributed by atoms with E-state index in [-0.39, 0.29) is 0 Å². The van der Waals surface area contributed by atoms with Gasteiger partial charge in [0.15, 0.2) is 11.6 Å². The molecule has 24 heavy (non-hydrogen) atoms. The molecule has 4 heteroatoms. The number of nitrogens with one attached hydrogen (secondary N) is 2. The van der Waals surface area contributed by atoms with Crippen molar-refractivity contribution in [3.63, 3.8) is 0 Å². The molecule has 2 heterocycles. The summed E-state index contributed by atoms with van der Waals surface area (Å²) in [4.78, 5) is 3.45.